The van der Waals surface area contributed by atoms with Crippen molar-refractivity contribution in [1.29, 1.82) is 0 Å². The van der Waals surface area contributed by atoms with Crippen molar-refractivity contribution in [3.8, 4) is 0 Å². The molecule has 0 bridgehead atoms. The van der Waals surface area contributed by atoms with Gasteiger partial charge in [0.1, 0.15) is 6.10 Å². The number of ether oxygens (including phenoxy) is 1. The molecule has 5 heteroatoms. The van der Waals surface area contributed by atoms with Crippen LogP contribution in [0.1, 0.15) is 13.3 Å². The summed E-state index contributed by atoms with van der Waals surface area (Å²) in [7, 11) is 0. The van der Waals surface area contributed by atoms with Crippen LogP contribution in [0.5, 0.6) is 0 Å². The fraction of sp³-hybridized carbons (Fsp3) is 0.714. The normalized spacial score (nSPS) is 22.5. The van der Waals surface area contributed by atoms with Gasteiger partial charge in [-0.15, -0.1) is 0 Å². The third-order valence-corrected chi connectivity index (χ3v) is 1.97. The molecule has 0 spiro atoms. The number of carbonyl (C=O) groups excluding carboxylic acids is 2. The fourth-order valence-corrected chi connectivity index (χ4v) is 1.37. The maximum absolute atomic E-state index is 10.6. The average Bonchev–Trinajstić information content (AvgIpc) is 2.34. The summed E-state index contributed by atoms with van der Waals surface area (Å²) in [6.07, 6.45) is 0.503. The lowest BCUT2D eigenvalue weighted by Crippen LogP contribution is -2.26. The van der Waals surface area contributed by atoms with Gasteiger partial charge in [0.15, 0.2) is 0 Å². The highest BCUT2D eigenvalue weighted by molar-refractivity contribution is 6.62. The minimum Gasteiger partial charge on any atom is -0.461 e. The van der Waals surface area contributed by atoms with Gasteiger partial charge in [0.2, 0.25) is 0 Å². The zero-order valence-corrected chi connectivity index (χ0v) is 7.50. The average molecular weight is 192 g/mol. The zero-order valence-electron chi connectivity index (χ0n) is 6.75. The number of halogens is 1. The number of amides is 1. The van der Waals surface area contributed by atoms with Crippen molar-refractivity contribution in [2.45, 2.75) is 19.4 Å². The fourth-order valence-electron chi connectivity index (χ4n) is 1.22. The Kier molecular flexibility index (Phi) is 2.92. The van der Waals surface area contributed by atoms with Crippen LogP contribution >= 0.6 is 11.6 Å². The molecular formula is C7H10ClNO3. The summed E-state index contributed by atoms with van der Waals surface area (Å²) in [5.41, 5.74) is 0. The van der Waals surface area contributed by atoms with E-state index in [1.54, 1.807) is 0 Å². The Balaban J connectivity index is 2.35. The summed E-state index contributed by atoms with van der Waals surface area (Å²) >= 11 is 5.23. The van der Waals surface area contributed by atoms with Gasteiger partial charge < -0.3 is 9.64 Å². The van der Waals surface area contributed by atoms with Crippen molar-refractivity contribution in [2.75, 3.05) is 13.1 Å². The molecule has 1 saturated heterocycles. The van der Waals surface area contributed by atoms with Gasteiger partial charge in [0.05, 0.1) is 6.54 Å². The summed E-state index contributed by atoms with van der Waals surface area (Å²) in [6.45, 7) is 2.34. The second-order valence-corrected chi connectivity index (χ2v) is 3.04. The maximum atomic E-state index is 10.6. The second-order valence-electron chi connectivity index (χ2n) is 2.72. The Labute approximate surface area is 75.4 Å². The standard InChI is InChI=1S/C7H10ClNO3/c1-5(10)12-6-2-3-9(4-6)7(8)11/h6H,2-4H2,1H3. The van der Waals surface area contributed by atoms with Crippen LogP contribution in [0.15, 0.2) is 0 Å². The lowest BCUT2D eigenvalue weighted by Gasteiger charge is -2.11. The van der Waals surface area contributed by atoms with E-state index in [2.05, 4.69) is 0 Å². The van der Waals surface area contributed by atoms with E-state index in [1.807, 2.05) is 0 Å². The summed E-state index contributed by atoms with van der Waals surface area (Å²) in [5, 5.41) is -0.482. The predicted octanol–water partition coefficient (Wildman–Crippen LogP) is 0.983. The molecule has 1 aliphatic rings. The molecule has 1 heterocycles. The van der Waals surface area contributed by atoms with Gasteiger partial charge in [-0.3, -0.25) is 9.59 Å². The monoisotopic (exact) mass is 191 g/mol. The molecule has 0 aliphatic carbocycles. The lowest BCUT2D eigenvalue weighted by atomic mass is 10.3. The first-order valence-electron chi connectivity index (χ1n) is 3.71. The molecule has 1 atom stereocenters. The van der Waals surface area contributed by atoms with Gasteiger partial charge in [-0.2, -0.15) is 0 Å². The van der Waals surface area contributed by atoms with Crippen LogP contribution in [0.4, 0.5) is 4.79 Å². The Morgan fingerprint density at radius 3 is 2.67 bits per heavy atom. The molecule has 1 fully saturated rings. The van der Waals surface area contributed by atoms with E-state index >= 15 is 0 Å². The van der Waals surface area contributed by atoms with Crippen molar-refractivity contribution < 1.29 is 14.3 Å². The highest BCUT2D eigenvalue weighted by Crippen LogP contribution is 2.14. The van der Waals surface area contributed by atoms with Crippen LogP contribution in [0.25, 0.3) is 0 Å². The van der Waals surface area contributed by atoms with Crippen molar-refractivity contribution in [2.24, 2.45) is 0 Å². The van der Waals surface area contributed by atoms with Gasteiger partial charge in [0, 0.05) is 19.9 Å². The van der Waals surface area contributed by atoms with Gasteiger partial charge in [-0.05, 0) is 11.6 Å². The molecular weight excluding hydrogens is 182 g/mol. The number of likely N-dealkylation sites (tertiary alicyclic amines) is 1. The van der Waals surface area contributed by atoms with Crippen LogP contribution in [0.2, 0.25) is 0 Å². The minimum absolute atomic E-state index is 0.176. The number of esters is 1. The first-order chi connectivity index (χ1) is 5.59. The van der Waals surface area contributed by atoms with Gasteiger partial charge >= 0.3 is 11.3 Å². The number of hydrogen-bond acceptors (Lipinski definition) is 3. The molecule has 0 radical (unpaired) electrons. The van der Waals surface area contributed by atoms with E-state index < -0.39 is 5.37 Å². The quantitative estimate of drug-likeness (QED) is 0.353. The SMILES string of the molecule is CC(=O)OC1CCN(C(=O)Cl)C1. The number of hydrogen-bond donors (Lipinski definition) is 0. The Morgan fingerprint density at radius 1 is 1.58 bits per heavy atom. The van der Waals surface area contributed by atoms with E-state index in [0.29, 0.717) is 19.5 Å². The molecule has 0 aromatic heterocycles. The van der Waals surface area contributed by atoms with Crippen LogP contribution in [0.3, 0.4) is 0 Å². The largest absolute Gasteiger partial charge is 0.461 e. The van der Waals surface area contributed by atoms with Gasteiger partial charge in [-0.25, -0.2) is 0 Å². The highest BCUT2D eigenvalue weighted by Gasteiger charge is 2.26. The van der Waals surface area contributed by atoms with Crippen molar-refractivity contribution >= 4 is 22.9 Å². The van der Waals surface area contributed by atoms with Gasteiger partial charge in [-0.1, -0.05) is 0 Å². The summed E-state index contributed by atoms with van der Waals surface area (Å²) in [4.78, 5) is 22.6. The Bertz CT molecular complexity index is 207. The summed E-state index contributed by atoms with van der Waals surface area (Å²) in [5.74, 6) is -0.316. The predicted molar refractivity (Wildman–Crippen MR) is 43.0 cm³/mol. The smallest absolute Gasteiger partial charge is 0.316 e. The van der Waals surface area contributed by atoms with Crippen molar-refractivity contribution in [3.63, 3.8) is 0 Å². The Hall–Kier alpha value is -0.770. The summed E-state index contributed by atoms with van der Waals surface area (Å²) in [6, 6.07) is 0. The van der Waals surface area contributed by atoms with Crippen LogP contribution in [0, 0.1) is 0 Å². The van der Waals surface area contributed by atoms with Crippen molar-refractivity contribution in [3.05, 3.63) is 0 Å². The molecule has 0 aromatic carbocycles. The zero-order chi connectivity index (χ0) is 9.14. The third-order valence-electron chi connectivity index (χ3n) is 1.73. The van der Waals surface area contributed by atoms with E-state index in [9.17, 15) is 9.59 Å². The molecule has 1 rings (SSSR count). The molecule has 1 unspecified atom stereocenters. The topological polar surface area (TPSA) is 46.6 Å². The first-order valence-corrected chi connectivity index (χ1v) is 4.09. The summed E-state index contributed by atoms with van der Waals surface area (Å²) < 4.78 is 4.90. The molecule has 1 aliphatic heterocycles. The minimum atomic E-state index is -0.482. The van der Waals surface area contributed by atoms with Crippen molar-refractivity contribution in [1.82, 2.24) is 4.90 Å². The molecule has 0 aromatic rings. The lowest BCUT2D eigenvalue weighted by molar-refractivity contribution is -0.145. The van der Waals surface area contributed by atoms with Gasteiger partial charge in [0.25, 0.3) is 0 Å². The Morgan fingerprint density at radius 2 is 2.25 bits per heavy atom. The third kappa shape index (κ3) is 2.37. The first kappa shape index (κ1) is 9.32. The highest BCUT2D eigenvalue weighted by atomic mass is 35.5. The van der Waals surface area contributed by atoms with Crippen LogP contribution in [-0.4, -0.2) is 35.4 Å². The van der Waals surface area contributed by atoms with Crippen LogP contribution < -0.4 is 0 Å². The molecule has 12 heavy (non-hydrogen) atoms. The van der Waals surface area contributed by atoms with E-state index in [-0.39, 0.29) is 12.1 Å². The number of nitrogens with zero attached hydrogens (tertiary/aromatic N) is 1. The number of carbonyl (C=O) groups is 2. The van der Waals surface area contributed by atoms with E-state index in [4.69, 9.17) is 16.3 Å². The number of rotatable bonds is 1. The van der Waals surface area contributed by atoms with E-state index in [0.717, 1.165) is 0 Å². The molecule has 68 valence electrons. The molecule has 1 amide bonds. The molecule has 0 N–H and O–H groups in total. The maximum Gasteiger partial charge on any atom is 0.316 e. The second kappa shape index (κ2) is 3.76. The molecule has 0 saturated carbocycles. The molecule has 4 nitrogen and oxygen atoms in total. The van der Waals surface area contributed by atoms with E-state index in [1.165, 1.54) is 11.8 Å². The van der Waals surface area contributed by atoms with Crippen LogP contribution in [-0.2, 0) is 9.53 Å².